The van der Waals surface area contributed by atoms with E-state index in [-0.39, 0.29) is 12.4 Å². The van der Waals surface area contributed by atoms with Crippen molar-refractivity contribution in [3.63, 3.8) is 0 Å². The van der Waals surface area contributed by atoms with Gasteiger partial charge in [-0.2, -0.15) is 0 Å². The molecule has 1 aromatic heterocycles. The Balaban J connectivity index is 0.00000363. The summed E-state index contributed by atoms with van der Waals surface area (Å²) in [5.74, 6) is 0. The lowest BCUT2D eigenvalue weighted by molar-refractivity contribution is 0.112. The monoisotopic (exact) mass is 494 g/mol. The van der Waals surface area contributed by atoms with Crippen molar-refractivity contribution in [1.82, 2.24) is 9.88 Å². The first-order valence-electron chi connectivity index (χ1n) is 11.2. The maximum absolute atomic E-state index is 11.3. The van der Waals surface area contributed by atoms with E-state index < -0.39 is 6.10 Å². The molecule has 3 aromatic rings. The van der Waals surface area contributed by atoms with E-state index in [0.29, 0.717) is 28.5 Å². The molecule has 1 atom stereocenters. The number of benzene rings is 2. The van der Waals surface area contributed by atoms with Gasteiger partial charge in [-0.05, 0) is 55.3 Å². The molecular formula is C26H33Cl3N2O. The van der Waals surface area contributed by atoms with E-state index in [1.807, 2.05) is 30.3 Å². The zero-order chi connectivity index (χ0) is 22.2. The highest BCUT2D eigenvalue weighted by molar-refractivity contribution is 6.38. The van der Waals surface area contributed by atoms with Gasteiger partial charge in [-0.15, -0.1) is 12.4 Å². The average Bonchev–Trinajstić information content (AvgIpc) is 2.76. The van der Waals surface area contributed by atoms with Crippen molar-refractivity contribution in [2.24, 2.45) is 0 Å². The molecule has 3 nitrogen and oxygen atoms in total. The SMILES string of the molecule is CCCCN(CCCC)CC(O)c1cc(Cc2ccccc2)nc2c(Cl)cc(Cl)cc12.Cl. The number of pyridine rings is 1. The minimum Gasteiger partial charge on any atom is -0.387 e. The second-order valence-corrected chi connectivity index (χ2v) is 9.02. The highest BCUT2D eigenvalue weighted by Gasteiger charge is 2.19. The molecule has 0 saturated heterocycles. The minimum absolute atomic E-state index is 0. The van der Waals surface area contributed by atoms with Crippen molar-refractivity contribution in [3.8, 4) is 0 Å². The predicted octanol–water partition coefficient (Wildman–Crippen LogP) is 7.49. The standard InChI is InChI=1S/C26H32Cl2N2O.ClH/c1-3-5-12-30(13-6-4-2)18-25(31)22-17-21(14-19-10-8-7-9-11-19)29-26-23(22)15-20(27)16-24(26)28;/h7-11,15-17,25,31H,3-6,12-14,18H2,1-2H3;1H. The van der Waals surface area contributed by atoms with Crippen molar-refractivity contribution < 1.29 is 5.11 Å². The van der Waals surface area contributed by atoms with E-state index in [0.717, 1.165) is 55.4 Å². The van der Waals surface area contributed by atoms with Crippen LogP contribution in [0.3, 0.4) is 0 Å². The lowest BCUT2D eigenvalue weighted by atomic mass is 9.99. The number of rotatable bonds is 11. The summed E-state index contributed by atoms with van der Waals surface area (Å²) in [4.78, 5) is 7.19. The molecule has 174 valence electrons. The van der Waals surface area contributed by atoms with Crippen LogP contribution < -0.4 is 0 Å². The van der Waals surface area contributed by atoms with E-state index in [4.69, 9.17) is 28.2 Å². The van der Waals surface area contributed by atoms with Crippen LogP contribution in [0.2, 0.25) is 10.0 Å². The third-order valence-electron chi connectivity index (χ3n) is 5.59. The minimum atomic E-state index is -0.636. The van der Waals surface area contributed by atoms with Gasteiger partial charge >= 0.3 is 0 Å². The average molecular weight is 496 g/mol. The number of fused-ring (bicyclic) bond motifs is 1. The summed E-state index contributed by atoms with van der Waals surface area (Å²) >= 11 is 12.8. The Morgan fingerprint density at radius 2 is 1.62 bits per heavy atom. The van der Waals surface area contributed by atoms with Gasteiger partial charge in [0.1, 0.15) is 0 Å². The maximum atomic E-state index is 11.3. The molecule has 6 heteroatoms. The van der Waals surface area contributed by atoms with Crippen LogP contribution in [-0.2, 0) is 6.42 Å². The van der Waals surface area contributed by atoms with Crippen LogP contribution >= 0.6 is 35.6 Å². The summed E-state index contributed by atoms with van der Waals surface area (Å²) < 4.78 is 0. The van der Waals surface area contributed by atoms with Gasteiger partial charge in [-0.3, -0.25) is 4.98 Å². The summed E-state index contributed by atoms with van der Waals surface area (Å²) in [5.41, 5.74) is 3.61. The molecule has 0 radical (unpaired) electrons. The van der Waals surface area contributed by atoms with E-state index in [9.17, 15) is 5.11 Å². The van der Waals surface area contributed by atoms with Crippen LogP contribution in [0, 0.1) is 0 Å². The zero-order valence-corrected chi connectivity index (χ0v) is 21.2. The number of hydrogen-bond acceptors (Lipinski definition) is 3. The van der Waals surface area contributed by atoms with Gasteiger partial charge in [0.2, 0.25) is 0 Å². The number of hydrogen-bond donors (Lipinski definition) is 1. The van der Waals surface area contributed by atoms with Crippen molar-refractivity contribution in [2.75, 3.05) is 19.6 Å². The molecule has 1 heterocycles. The summed E-state index contributed by atoms with van der Waals surface area (Å²) in [6, 6.07) is 15.8. The van der Waals surface area contributed by atoms with Crippen molar-refractivity contribution >= 4 is 46.5 Å². The van der Waals surface area contributed by atoms with Gasteiger partial charge in [0.05, 0.1) is 16.6 Å². The van der Waals surface area contributed by atoms with Gasteiger partial charge in [-0.25, -0.2) is 0 Å². The molecule has 0 spiro atoms. The van der Waals surface area contributed by atoms with Gasteiger partial charge < -0.3 is 10.0 Å². The zero-order valence-electron chi connectivity index (χ0n) is 18.9. The lowest BCUT2D eigenvalue weighted by Crippen LogP contribution is -2.31. The second kappa shape index (κ2) is 13.4. The summed E-state index contributed by atoms with van der Waals surface area (Å²) in [7, 11) is 0. The van der Waals surface area contributed by atoms with E-state index in [1.54, 1.807) is 6.07 Å². The quantitative estimate of drug-likeness (QED) is 0.299. The Hall–Kier alpha value is -1.36. The largest absolute Gasteiger partial charge is 0.387 e. The Bertz CT molecular complexity index is 974. The lowest BCUT2D eigenvalue weighted by Gasteiger charge is -2.26. The number of halogens is 3. The Kier molecular flexibility index (Phi) is 11.2. The number of aliphatic hydroxyl groups excluding tert-OH is 1. The smallest absolute Gasteiger partial charge is 0.0924 e. The fourth-order valence-electron chi connectivity index (χ4n) is 3.90. The predicted molar refractivity (Wildman–Crippen MR) is 139 cm³/mol. The molecule has 0 aliphatic heterocycles. The van der Waals surface area contributed by atoms with Gasteiger partial charge in [-0.1, -0.05) is 80.2 Å². The molecule has 2 aromatic carbocycles. The molecule has 0 fully saturated rings. The summed E-state index contributed by atoms with van der Waals surface area (Å²) in [6.07, 6.45) is 4.59. The van der Waals surface area contributed by atoms with Crippen molar-refractivity contribution in [2.45, 2.75) is 52.1 Å². The molecule has 0 amide bonds. The normalized spacial score (nSPS) is 12.2. The molecule has 1 unspecified atom stereocenters. The van der Waals surface area contributed by atoms with Crippen LogP contribution in [-0.4, -0.2) is 34.6 Å². The molecule has 0 aliphatic rings. The topological polar surface area (TPSA) is 36.4 Å². The third-order valence-corrected chi connectivity index (χ3v) is 6.10. The third kappa shape index (κ3) is 7.33. The van der Waals surface area contributed by atoms with E-state index in [2.05, 4.69) is 30.9 Å². The van der Waals surface area contributed by atoms with Gasteiger partial charge in [0.15, 0.2) is 0 Å². The highest BCUT2D eigenvalue weighted by atomic mass is 35.5. The first-order valence-corrected chi connectivity index (χ1v) is 12.0. The first kappa shape index (κ1) is 26.9. The fraction of sp³-hybridized carbons (Fsp3) is 0.423. The Morgan fingerprint density at radius 1 is 0.969 bits per heavy atom. The highest BCUT2D eigenvalue weighted by Crippen LogP contribution is 2.33. The molecular weight excluding hydrogens is 463 g/mol. The number of nitrogens with zero attached hydrogens (tertiary/aromatic N) is 2. The Labute approximate surface area is 208 Å². The van der Waals surface area contributed by atoms with Crippen LogP contribution in [0.15, 0.2) is 48.5 Å². The Morgan fingerprint density at radius 3 is 2.25 bits per heavy atom. The summed E-state index contributed by atoms with van der Waals surface area (Å²) in [6.45, 7) is 6.98. The molecule has 0 bridgehead atoms. The van der Waals surface area contributed by atoms with Gasteiger partial charge in [0.25, 0.3) is 0 Å². The van der Waals surface area contributed by atoms with E-state index >= 15 is 0 Å². The molecule has 32 heavy (non-hydrogen) atoms. The van der Waals surface area contributed by atoms with Crippen molar-refractivity contribution in [3.05, 3.63) is 75.4 Å². The number of aromatic nitrogens is 1. The molecule has 0 aliphatic carbocycles. The molecule has 1 N–H and O–H groups in total. The van der Waals surface area contributed by atoms with Crippen molar-refractivity contribution in [1.29, 1.82) is 0 Å². The summed E-state index contributed by atoms with van der Waals surface area (Å²) in [5, 5.41) is 13.2. The second-order valence-electron chi connectivity index (χ2n) is 8.17. The fourth-order valence-corrected chi connectivity index (χ4v) is 4.44. The van der Waals surface area contributed by atoms with Crippen LogP contribution in [0.1, 0.15) is 62.5 Å². The molecule has 0 saturated carbocycles. The van der Waals surface area contributed by atoms with Crippen LogP contribution in [0.5, 0.6) is 0 Å². The van der Waals surface area contributed by atoms with Gasteiger partial charge in [0, 0.05) is 29.1 Å². The van der Waals surface area contributed by atoms with E-state index in [1.165, 1.54) is 5.56 Å². The molecule has 3 rings (SSSR count). The number of unbranched alkanes of at least 4 members (excludes halogenated alkanes) is 2. The van der Waals surface area contributed by atoms with Crippen LogP contribution in [0.25, 0.3) is 10.9 Å². The number of aliphatic hydroxyl groups is 1. The first-order chi connectivity index (χ1) is 15.0. The maximum Gasteiger partial charge on any atom is 0.0924 e. The van der Waals surface area contributed by atoms with Crippen LogP contribution in [0.4, 0.5) is 0 Å².